The van der Waals surface area contributed by atoms with Crippen molar-refractivity contribution in [1.29, 1.82) is 0 Å². The van der Waals surface area contributed by atoms with E-state index in [1.807, 2.05) is 41.8 Å². The molecule has 4 nitrogen and oxygen atoms in total. The van der Waals surface area contributed by atoms with Gasteiger partial charge in [-0.15, -0.1) is 45.3 Å². The van der Waals surface area contributed by atoms with Gasteiger partial charge in [-0.05, 0) is 52.2 Å². The smallest absolute Gasteiger partial charge is 0.307 e. The van der Waals surface area contributed by atoms with Gasteiger partial charge in [0.25, 0.3) is 0 Å². The van der Waals surface area contributed by atoms with Gasteiger partial charge in [-0.3, -0.25) is 9.59 Å². The highest BCUT2D eigenvalue weighted by Gasteiger charge is 2.20. The number of aliphatic carboxylic acids is 2. The summed E-state index contributed by atoms with van der Waals surface area (Å²) >= 11 is 7.70. The van der Waals surface area contributed by atoms with Gasteiger partial charge in [-0.25, -0.2) is 0 Å². The first-order chi connectivity index (χ1) is 15.9. The third kappa shape index (κ3) is 5.39. The molecule has 0 bridgehead atoms. The van der Waals surface area contributed by atoms with Gasteiger partial charge < -0.3 is 10.2 Å². The van der Waals surface area contributed by atoms with Crippen LogP contribution in [0.4, 0.5) is 0 Å². The van der Waals surface area contributed by atoms with Crippen molar-refractivity contribution < 1.29 is 19.8 Å². The molecule has 9 heteroatoms. The molecular formula is C24H18O4S5. The van der Waals surface area contributed by atoms with E-state index in [2.05, 4.69) is 13.2 Å². The van der Waals surface area contributed by atoms with Crippen molar-refractivity contribution in [2.45, 2.75) is 12.8 Å². The fourth-order valence-corrected chi connectivity index (χ4v) is 8.28. The minimum atomic E-state index is -0.887. The monoisotopic (exact) mass is 530 g/mol. The third-order valence-corrected chi connectivity index (χ3v) is 10.3. The largest absolute Gasteiger partial charge is 0.481 e. The molecule has 0 amide bonds. The number of thiophene rings is 4. The maximum absolute atomic E-state index is 11.5. The molecule has 0 fully saturated rings. The van der Waals surface area contributed by atoms with E-state index in [0.29, 0.717) is 0 Å². The molecule has 0 unspecified atom stereocenters. The van der Waals surface area contributed by atoms with Crippen LogP contribution < -0.4 is 0 Å². The number of hydrogen-bond acceptors (Lipinski definition) is 7. The van der Waals surface area contributed by atoms with Gasteiger partial charge in [-0.2, -0.15) is 0 Å². The summed E-state index contributed by atoms with van der Waals surface area (Å²) in [4.78, 5) is 30.6. The summed E-state index contributed by atoms with van der Waals surface area (Å²) in [5.41, 5.74) is 1.54. The molecular weight excluding hydrogens is 513 g/mol. The zero-order valence-corrected chi connectivity index (χ0v) is 21.3. The Morgan fingerprint density at radius 2 is 1.52 bits per heavy atom. The number of carbonyl (C=O) groups is 2. The summed E-state index contributed by atoms with van der Waals surface area (Å²) in [7, 11) is 0. The summed E-state index contributed by atoms with van der Waals surface area (Å²) in [6, 6.07) is 11.9. The molecule has 4 aromatic rings. The van der Waals surface area contributed by atoms with Crippen molar-refractivity contribution in [3.63, 3.8) is 0 Å². The lowest BCUT2D eigenvalue weighted by Gasteiger charge is -1.99. The number of carboxylic acids is 2. The number of thioether (sulfide) groups is 1. The molecule has 0 aliphatic rings. The molecule has 4 heterocycles. The predicted molar refractivity (Wildman–Crippen MR) is 144 cm³/mol. The first-order valence-electron chi connectivity index (χ1n) is 9.66. The average molecular weight is 531 g/mol. The van der Waals surface area contributed by atoms with E-state index in [1.54, 1.807) is 39.4 Å². The lowest BCUT2D eigenvalue weighted by Crippen LogP contribution is -1.99. The zero-order valence-electron chi connectivity index (χ0n) is 17.2. The normalized spacial score (nSPS) is 10.9. The summed E-state index contributed by atoms with van der Waals surface area (Å²) in [5.74, 6) is -1.75. The molecule has 0 saturated heterocycles. The van der Waals surface area contributed by atoms with Gasteiger partial charge in [0.2, 0.25) is 0 Å². The van der Waals surface area contributed by atoms with E-state index in [-0.39, 0.29) is 12.8 Å². The number of hydrogen-bond donors (Lipinski definition) is 2. The van der Waals surface area contributed by atoms with Crippen LogP contribution in [0.5, 0.6) is 0 Å². The summed E-state index contributed by atoms with van der Waals surface area (Å²) in [6.45, 7) is 7.79. The SMILES string of the molecule is C=CSC(=C)c1cc(CC(=O)O)c(-c2ccc(-c3sc(-c4cccs4)cc3CC(=O)O)s2)s1. The van der Waals surface area contributed by atoms with Gasteiger partial charge >= 0.3 is 11.9 Å². The minimum Gasteiger partial charge on any atom is -0.481 e. The van der Waals surface area contributed by atoms with Crippen LogP contribution in [-0.4, -0.2) is 22.2 Å². The van der Waals surface area contributed by atoms with Crippen LogP contribution in [0.15, 0.2) is 60.3 Å². The lowest BCUT2D eigenvalue weighted by molar-refractivity contribution is -0.137. The molecule has 0 aliphatic carbocycles. The van der Waals surface area contributed by atoms with Crippen LogP contribution in [0.3, 0.4) is 0 Å². The van der Waals surface area contributed by atoms with Crippen molar-refractivity contribution in [3.8, 4) is 29.3 Å². The van der Waals surface area contributed by atoms with Crippen LogP contribution >= 0.6 is 57.1 Å². The van der Waals surface area contributed by atoms with Crippen molar-refractivity contribution in [3.05, 3.63) is 76.3 Å². The second-order valence-corrected chi connectivity index (χ2v) is 12.1. The highest BCUT2D eigenvalue weighted by molar-refractivity contribution is 8.11. The van der Waals surface area contributed by atoms with Gasteiger partial charge in [0, 0.05) is 39.0 Å². The Morgan fingerprint density at radius 1 is 0.879 bits per heavy atom. The number of rotatable bonds is 10. The Morgan fingerprint density at radius 3 is 2.09 bits per heavy atom. The Kier molecular flexibility index (Phi) is 7.35. The Labute approximate surface area is 211 Å². The summed E-state index contributed by atoms with van der Waals surface area (Å²) < 4.78 is 0. The van der Waals surface area contributed by atoms with Crippen LogP contribution in [0, 0.1) is 0 Å². The first-order valence-corrected chi connectivity index (χ1v) is 13.9. The molecule has 0 aliphatic heterocycles. The van der Waals surface area contributed by atoms with Crippen molar-refractivity contribution in [2.24, 2.45) is 0 Å². The molecule has 0 saturated carbocycles. The van der Waals surface area contributed by atoms with E-state index in [0.717, 1.165) is 50.2 Å². The van der Waals surface area contributed by atoms with E-state index < -0.39 is 11.9 Å². The van der Waals surface area contributed by atoms with E-state index in [1.165, 1.54) is 23.1 Å². The minimum absolute atomic E-state index is 0.0452. The fourth-order valence-electron chi connectivity index (χ4n) is 3.28. The Balaban J connectivity index is 1.75. The standard InChI is InChI=1S/C24H18O4S5/c1-3-29-13(2)19-9-14(11-21(25)26)23(32-19)17-6-7-18(31-17)24-15(12-22(27)28)10-20(33-24)16-5-4-8-30-16/h3-10H,1-2,11-12H2,(H,25,26)(H,27,28). The first kappa shape index (κ1) is 23.7. The third-order valence-electron chi connectivity index (χ3n) is 4.62. The van der Waals surface area contributed by atoms with E-state index in [4.69, 9.17) is 0 Å². The second-order valence-electron chi connectivity index (χ2n) is 6.92. The maximum atomic E-state index is 11.5. The highest BCUT2D eigenvalue weighted by atomic mass is 32.2. The predicted octanol–water partition coefficient (Wildman–Crippen LogP) is 8.04. The summed E-state index contributed by atoms with van der Waals surface area (Å²) in [6.07, 6.45) is -0.118. The van der Waals surface area contributed by atoms with Crippen LogP contribution in [0.1, 0.15) is 16.0 Å². The highest BCUT2D eigenvalue weighted by Crippen LogP contribution is 2.47. The van der Waals surface area contributed by atoms with Crippen LogP contribution in [-0.2, 0) is 22.4 Å². The quantitative estimate of drug-likeness (QED) is 0.217. The maximum Gasteiger partial charge on any atom is 0.307 e. The molecule has 0 aromatic carbocycles. The molecule has 168 valence electrons. The topological polar surface area (TPSA) is 74.6 Å². The molecule has 4 aromatic heterocycles. The van der Waals surface area contributed by atoms with Crippen molar-refractivity contribution >= 4 is 74.0 Å². The van der Waals surface area contributed by atoms with E-state index in [9.17, 15) is 19.8 Å². The van der Waals surface area contributed by atoms with Crippen LogP contribution in [0.25, 0.3) is 34.2 Å². The molecule has 0 radical (unpaired) electrons. The van der Waals surface area contributed by atoms with E-state index >= 15 is 0 Å². The molecule has 2 N–H and O–H groups in total. The van der Waals surface area contributed by atoms with Gasteiger partial charge in [0.1, 0.15) is 0 Å². The zero-order chi connectivity index (χ0) is 23.5. The average Bonchev–Trinajstić information content (AvgIpc) is 3.53. The fraction of sp³-hybridized carbons (Fsp3) is 0.0833. The molecule has 33 heavy (non-hydrogen) atoms. The van der Waals surface area contributed by atoms with Gasteiger partial charge in [0.15, 0.2) is 0 Å². The lowest BCUT2D eigenvalue weighted by atomic mass is 10.1. The van der Waals surface area contributed by atoms with Crippen LogP contribution in [0.2, 0.25) is 0 Å². The number of carboxylic acid groups (broad SMARTS) is 2. The van der Waals surface area contributed by atoms with Crippen molar-refractivity contribution in [1.82, 2.24) is 0 Å². The Bertz CT molecular complexity index is 1340. The molecule has 4 rings (SSSR count). The second kappa shape index (κ2) is 10.2. The van der Waals surface area contributed by atoms with Crippen molar-refractivity contribution in [2.75, 3.05) is 0 Å². The molecule has 0 spiro atoms. The molecule has 0 atom stereocenters. The summed E-state index contributed by atoms with van der Waals surface area (Å²) in [5, 5.41) is 22.5. The van der Waals surface area contributed by atoms with Gasteiger partial charge in [0.05, 0.1) is 12.8 Å². The Hall–Kier alpha value is -2.43. The van der Waals surface area contributed by atoms with Gasteiger partial charge in [-0.1, -0.05) is 31.0 Å².